The fourth-order valence-electron chi connectivity index (χ4n) is 4.26. The molecule has 188 valence electrons. The van der Waals surface area contributed by atoms with E-state index < -0.39 is 5.41 Å². The van der Waals surface area contributed by atoms with Gasteiger partial charge in [0.05, 0.1) is 34.5 Å². The van der Waals surface area contributed by atoms with Crippen LogP contribution < -0.4 is 5.32 Å². The molecule has 6 rings (SSSR count). The average molecular weight is 506 g/mol. The van der Waals surface area contributed by atoms with E-state index >= 15 is 0 Å². The number of benzene rings is 1. The van der Waals surface area contributed by atoms with Gasteiger partial charge in [-0.25, -0.2) is 9.37 Å². The van der Waals surface area contributed by atoms with Crippen LogP contribution >= 0.6 is 0 Å². The molecule has 8 nitrogen and oxygen atoms in total. The molecule has 0 saturated carbocycles. The van der Waals surface area contributed by atoms with Crippen LogP contribution in [-0.4, -0.2) is 36.0 Å². The van der Waals surface area contributed by atoms with Crippen molar-refractivity contribution in [3.8, 4) is 33.9 Å². The van der Waals surface area contributed by atoms with E-state index in [9.17, 15) is 9.18 Å². The standard InChI is InChI=1S/C29H24FN7O/c1-29(2,3)28(38)33-17-12-16(14-31-15-17)21-8-9-23-26(35-21)27(37-36-23)24-13-19-22(34-24)10-11-32-25(19)18-6-4-5-7-20(18)30/h4-15,34H,1-3H3,(H,33,38)(H,36,37). The van der Waals surface area contributed by atoms with Gasteiger partial charge in [-0.15, -0.1) is 0 Å². The van der Waals surface area contributed by atoms with Crippen LogP contribution in [0.3, 0.4) is 0 Å². The maximum absolute atomic E-state index is 14.5. The zero-order chi connectivity index (χ0) is 26.4. The van der Waals surface area contributed by atoms with Crippen LogP contribution in [0.5, 0.6) is 0 Å². The number of amides is 1. The fraction of sp³-hybridized carbons (Fsp3) is 0.138. The van der Waals surface area contributed by atoms with Crippen LogP contribution in [-0.2, 0) is 4.79 Å². The monoisotopic (exact) mass is 505 g/mol. The molecule has 1 aromatic carbocycles. The van der Waals surface area contributed by atoms with E-state index in [1.54, 1.807) is 36.8 Å². The summed E-state index contributed by atoms with van der Waals surface area (Å²) in [6, 6.07) is 16.0. The highest BCUT2D eigenvalue weighted by Gasteiger charge is 2.22. The highest BCUT2D eigenvalue weighted by molar-refractivity contribution is 5.99. The van der Waals surface area contributed by atoms with Crippen molar-refractivity contribution >= 4 is 33.5 Å². The molecule has 0 saturated heterocycles. The molecule has 0 bridgehead atoms. The molecular formula is C29H24FN7O. The second kappa shape index (κ2) is 8.88. The van der Waals surface area contributed by atoms with Gasteiger partial charge in [0.2, 0.25) is 5.91 Å². The Morgan fingerprint density at radius 3 is 2.63 bits per heavy atom. The maximum atomic E-state index is 14.5. The van der Waals surface area contributed by atoms with E-state index in [0.29, 0.717) is 33.8 Å². The number of hydrogen-bond donors (Lipinski definition) is 3. The third-order valence-corrected chi connectivity index (χ3v) is 6.31. The van der Waals surface area contributed by atoms with Crippen molar-refractivity contribution in [1.82, 2.24) is 30.1 Å². The van der Waals surface area contributed by atoms with Gasteiger partial charge in [0.1, 0.15) is 17.0 Å². The molecule has 3 N–H and O–H groups in total. The van der Waals surface area contributed by atoms with Crippen molar-refractivity contribution in [2.24, 2.45) is 5.41 Å². The Morgan fingerprint density at radius 1 is 0.974 bits per heavy atom. The summed E-state index contributed by atoms with van der Waals surface area (Å²) in [5.74, 6) is -0.429. The number of anilines is 1. The molecule has 0 spiro atoms. The van der Waals surface area contributed by atoms with E-state index in [-0.39, 0.29) is 11.7 Å². The number of nitrogens with one attached hydrogen (secondary N) is 3. The second-order valence-electron chi connectivity index (χ2n) is 10.1. The van der Waals surface area contributed by atoms with Gasteiger partial charge in [-0.1, -0.05) is 32.9 Å². The Hall–Kier alpha value is -4.92. The highest BCUT2D eigenvalue weighted by Crippen LogP contribution is 2.34. The van der Waals surface area contributed by atoms with Crippen molar-refractivity contribution in [1.29, 1.82) is 0 Å². The Labute approximate surface area is 217 Å². The number of H-pyrrole nitrogens is 2. The Balaban J connectivity index is 1.41. The number of nitrogens with zero attached hydrogens (tertiary/aromatic N) is 4. The Bertz CT molecular complexity index is 1830. The van der Waals surface area contributed by atoms with Crippen LogP contribution in [0.2, 0.25) is 0 Å². The lowest BCUT2D eigenvalue weighted by atomic mass is 9.95. The number of carbonyl (C=O) groups is 1. The first kappa shape index (κ1) is 23.5. The van der Waals surface area contributed by atoms with Crippen molar-refractivity contribution in [3.05, 3.63) is 79.0 Å². The number of aromatic amines is 2. The predicted octanol–water partition coefficient (Wildman–Crippen LogP) is 6.35. The molecule has 9 heteroatoms. The highest BCUT2D eigenvalue weighted by atomic mass is 19.1. The summed E-state index contributed by atoms with van der Waals surface area (Å²) in [5, 5.41) is 11.2. The summed E-state index contributed by atoms with van der Waals surface area (Å²) >= 11 is 0. The van der Waals surface area contributed by atoms with Crippen LogP contribution in [0.4, 0.5) is 10.1 Å². The van der Waals surface area contributed by atoms with E-state index in [1.807, 2.05) is 51.1 Å². The van der Waals surface area contributed by atoms with Crippen molar-refractivity contribution in [3.63, 3.8) is 0 Å². The number of aromatic nitrogens is 6. The number of carbonyl (C=O) groups excluding carboxylic acids is 1. The molecule has 38 heavy (non-hydrogen) atoms. The number of rotatable bonds is 4. The summed E-state index contributed by atoms with van der Waals surface area (Å²) in [6.07, 6.45) is 4.97. The van der Waals surface area contributed by atoms with Crippen molar-refractivity contribution < 1.29 is 9.18 Å². The van der Waals surface area contributed by atoms with Crippen LogP contribution in [0.1, 0.15) is 20.8 Å². The molecular weight excluding hydrogens is 481 g/mol. The molecule has 5 aromatic heterocycles. The minimum absolute atomic E-state index is 0.0972. The Kier molecular flexibility index (Phi) is 5.48. The van der Waals surface area contributed by atoms with Gasteiger partial charge in [0.15, 0.2) is 0 Å². The van der Waals surface area contributed by atoms with Gasteiger partial charge >= 0.3 is 0 Å². The number of hydrogen-bond acceptors (Lipinski definition) is 5. The second-order valence-corrected chi connectivity index (χ2v) is 10.1. The lowest BCUT2D eigenvalue weighted by Crippen LogP contribution is -2.27. The van der Waals surface area contributed by atoms with Gasteiger partial charge < -0.3 is 10.3 Å². The third kappa shape index (κ3) is 4.17. The predicted molar refractivity (Wildman–Crippen MR) is 146 cm³/mol. The van der Waals surface area contributed by atoms with Crippen molar-refractivity contribution in [2.75, 3.05) is 5.32 Å². The minimum atomic E-state index is -0.528. The molecule has 5 heterocycles. The largest absolute Gasteiger partial charge is 0.353 e. The maximum Gasteiger partial charge on any atom is 0.229 e. The average Bonchev–Trinajstić information content (AvgIpc) is 3.52. The van der Waals surface area contributed by atoms with E-state index in [0.717, 1.165) is 27.7 Å². The zero-order valence-electron chi connectivity index (χ0n) is 21.0. The first-order valence-electron chi connectivity index (χ1n) is 12.1. The quantitative estimate of drug-likeness (QED) is 0.258. The summed E-state index contributed by atoms with van der Waals surface area (Å²) < 4.78 is 14.5. The normalized spacial score (nSPS) is 11.8. The lowest BCUT2D eigenvalue weighted by molar-refractivity contribution is -0.123. The first-order valence-corrected chi connectivity index (χ1v) is 12.1. The fourth-order valence-corrected chi connectivity index (χ4v) is 4.26. The van der Waals surface area contributed by atoms with Crippen LogP contribution in [0, 0.1) is 11.2 Å². The van der Waals surface area contributed by atoms with E-state index in [2.05, 4.69) is 30.5 Å². The lowest BCUT2D eigenvalue weighted by Gasteiger charge is -2.17. The SMILES string of the molecule is CC(C)(C)C(=O)Nc1cncc(-c2ccc3[nH]nc(-c4cc5c(-c6ccccc6F)nccc5[nH]4)c3n2)c1. The molecule has 0 unspecified atom stereocenters. The van der Waals surface area contributed by atoms with E-state index in [4.69, 9.17) is 4.98 Å². The van der Waals surface area contributed by atoms with Crippen LogP contribution in [0.25, 0.3) is 55.8 Å². The number of halogens is 1. The molecule has 0 fully saturated rings. The summed E-state index contributed by atoms with van der Waals surface area (Å²) in [6.45, 7) is 5.57. The molecule has 0 radical (unpaired) electrons. The van der Waals surface area contributed by atoms with Gasteiger partial charge in [-0.3, -0.25) is 19.9 Å². The zero-order valence-corrected chi connectivity index (χ0v) is 21.0. The molecule has 0 atom stereocenters. The topological polar surface area (TPSA) is 112 Å². The molecule has 0 aliphatic carbocycles. The molecule has 1 amide bonds. The summed E-state index contributed by atoms with van der Waals surface area (Å²) in [4.78, 5) is 29.4. The van der Waals surface area contributed by atoms with E-state index in [1.165, 1.54) is 6.07 Å². The smallest absolute Gasteiger partial charge is 0.229 e. The summed E-state index contributed by atoms with van der Waals surface area (Å²) in [5.41, 5.74) is 6.09. The Morgan fingerprint density at radius 2 is 1.82 bits per heavy atom. The van der Waals surface area contributed by atoms with Gasteiger partial charge in [0, 0.05) is 39.8 Å². The molecule has 6 aromatic rings. The van der Waals surface area contributed by atoms with Gasteiger partial charge in [-0.2, -0.15) is 5.10 Å². The number of pyridine rings is 3. The summed E-state index contributed by atoms with van der Waals surface area (Å²) in [7, 11) is 0. The molecule has 0 aliphatic rings. The minimum Gasteiger partial charge on any atom is -0.353 e. The first-order chi connectivity index (χ1) is 18.3. The molecule has 0 aliphatic heterocycles. The third-order valence-electron chi connectivity index (χ3n) is 6.31. The van der Waals surface area contributed by atoms with Crippen LogP contribution in [0.15, 0.2) is 73.2 Å². The van der Waals surface area contributed by atoms with Crippen molar-refractivity contribution in [2.45, 2.75) is 20.8 Å². The number of fused-ring (bicyclic) bond motifs is 2. The van der Waals surface area contributed by atoms with Gasteiger partial charge in [-0.05, 0) is 42.5 Å². The van der Waals surface area contributed by atoms with Gasteiger partial charge in [0.25, 0.3) is 0 Å².